The fourth-order valence-electron chi connectivity index (χ4n) is 3.55. The van der Waals surface area contributed by atoms with Crippen molar-refractivity contribution in [2.45, 2.75) is 18.6 Å². The number of hydrogen-bond acceptors (Lipinski definition) is 3. The normalized spacial score (nSPS) is 22.6. The van der Waals surface area contributed by atoms with E-state index in [1.807, 2.05) is 42.5 Å². The van der Waals surface area contributed by atoms with Crippen LogP contribution >= 0.6 is 0 Å². The summed E-state index contributed by atoms with van der Waals surface area (Å²) in [4.78, 5) is 27.2. The summed E-state index contributed by atoms with van der Waals surface area (Å²) in [7, 11) is 1.58. The van der Waals surface area contributed by atoms with Crippen molar-refractivity contribution in [2.24, 2.45) is 0 Å². The van der Waals surface area contributed by atoms with Crippen LogP contribution < -0.4 is 5.32 Å². The van der Waals surface area contributed by atoms with Crippen molar-refractivity contribution < 1.29 is 14.3 Å². The van der Waals surface area contributed by atoms with E-state index in [0.29, 0.717) is 24.2 Å². The summed E-state index contributed by atoms with van der Waals surface area (Å²) < 4.78 is 5.39. The first-order valence-electron chi connectivity index (χ1n) is 8.03. The number of benzene rings is 2. The number of nitrogens with zero attached hydrogens (tertiary/aromatic N) is 1. The molecule has 0 saturated carbocycles. The summed E-state index contributed by atoms with van der Waals surface area (Å²) in [5.74, 6) is -0.301. The van der Waals surface area contributed by atoms with Gasteiger partial charge in [0, 0.05) is 13.7 Å². The highest BCUT2D eigenvalue weighted by atomic mass is 16.5. The smallest absolute Gasteiger partial charge is 0.256 e. The van der Waals surface area contributed by atoms with E-state index in [2.05, 4.69) is 5.32 Å². The van der Waals surface area contributed by atoms with Gasteiger partial charge in [-0.2, -0.15) is 0 Å². The van der Waals surface area contributed by atoms with Crippen molar-refractivity contribution in [2.75, 3.05) is 19.0 Å². The van der Waals surface area contributed by atoms with Crippen molar-refractivity contribution in [3.8, 4) is 11.1 Å². The summed E-state index contributed by atoms with van der Waals surface area (Å²) in [6.07, 6.45) is 0.422. The van der Waals surface area contributed by atoms with E-state index >= 15 is 0 Å². The number of fused-ring (bicyclic) bond motifs is 2. The zero-order valence-corrected chi connectivity index (χ0v) is 13.4. The monoisotopic (exact) mass is 322 g/mol. The maximum atomic E-state index is 13.0. The minimum absolute atomic E-state index is 0.120. The molecule has 5 heteroatoms. The molecule has 0 aliphatic carbocycles. The lowest BCUT2D eigenvalue weighted by atomic mass is 10.0. The Morgan fingerprint density at radius 3 is 2.62 bits per heavy atom. The molecule has 0 unspecified atom stereocenters. The molecule has 1 saturated heterocycles. The maximum Gasteiger partial charge on any atom is 0.256 e. The number of carbonyl (C=O) groups excluding carboxylic acids is 2. The zero-order valence-electron chi connectivity index (χ0n) is 13.4. The lowest BCUT2D eigenvalue weighted by Crippen LogP contribution is -2.46. The van der Waals surface area contributed by atoms with Crippen molar-refractivity contribution in [3.63, 3.8) is 0 Å². The Morgan fingerprint density at radius 2 is 1.88 bits per heavy atom. The highest BCUT2D eigenvalue weighted by molar-refractivity contribution is 6.11. The minimum Gasteiger partial charge on any atom is -0.379 e. The van der Waals surface area contributed by atoms with E-state index in [0.717, 1.165) is 11.1 Å². The van der Waals surface area contributed by atoms with Crippen molar-refractivity contribution in [1.29, 1.82) is 0 Å². The Bertz CT molecular complexity index is 804. The zero-order chi connectivity index (χ0) is 16.7. The summed E-state index contributed by atoms with van der Waals surface area (Å²) in [5.41, 5.74) is 3.09. The van der Waals surface area contributed by atoms with E-state index in [1.54, 1.807) is 18.1 Å². The van der Waals surface area contributed by atoms with Crippen LogP contribution in [0.25, 0.3) is 11.1 Å². The average molecular weight is 322 g/mol. The molecule has 1 N–H and O–H groups in total. The van der Waals surface area contributed by atoms with Gasteiger partial charge < -0.3 is 15.0 Å². The summed E-state index contributed by atoms with van der Waals surface area (Å²) in [6.45, 7) is 0.532. The number of hydrogen-bond donors (Lipinski definition) is 1. The number of nitrogens with one attached hydrogen (secondary N) is 1. The van der Waals surface area contributed by atoms with Crippen LogP contribution in [0.15, 0.2) is 48.5 Å². The molecule has 1 fully saturated rings. The minimum atomic E-state index is -0.560. The van der Waals surface area contributed by atoms with Crippen LogP contribution in [0, 0.1) is 0 Å². The Morgan fingerprint density at radius 1 is 1.08 bits per heavy atom. The van der Waals surface area contributed by atoms with Gasteiger partial charge in [-0.15, -0.1) is 0 Å². The molecule has 2 amide bonds. The number of ether oxygens (including phenoxy) is 1. The van der Waals surface area contributed by atoms with Crippen molar-refractivity contribution in [3.05, 3.63) is 54.1 Å². The Balaban J connectivity index is 1.78. The number of amides is 2. The van der Waals surface area contributed by atoms with E-state index in [4.69, 9.17) is 4.74 Å². The van der Waals surface area contributed by atoms with Crippen LogP contribution in [0.4, 0.5) is 5.69 Å². The summed E-state index contributed by atoms with van der Waals surface area (Å²) in [6, 6.07) is 14.9. The number of methoxy groups -OCH3 is 1. The van der Waals surface area contributed by atoms with Gasteiger partial charge in [0.05, 0.1) is 17.4 Å². The topological polar surface area (TPSA) is 58.6 Å². The van der Waals surface area contributed by atoms with Crippen LogP contribution in [-0.2, 0) is 9.53 Å². The molecule has 122 valence electrons. The third-order valence-electron chi connectivity index (χ3n) is 4.79. The third kappa shape index (κ3) is 2.29. The summed E-state index contributed by atoms with van der Waals surface area (Å²) in [5, 5.41) is 2.89. The van der Waals surface area contributed by atoms with E-state index in [-0.39, 0.29) is 17.9 Å². The number of rotatable bonds is 2. The van der Waals surface area contributed by atoms with Gasteiger partial charge in [0.15, 0.2) is 0 Å². The molecule has 0 radical (unpaired) electrons. The second-order valence-corrected chi connectivity index (χ2v) is 6.12. The molecule has 0 bridgehead atoms. The third-order valence-corrected chi connectivity index (χ3v) is 4.79. The van der Waals surface area contributed by atoms with Crippen molar-refractivity contribution in [1.82, 2.24) is 4.90 Å². The van der Waals surface area contributed by atoms with E-state index < -0.39 is 6.04 Å². The molecule has 2 heterocycles. The number of carbonyl (C=O) groups is 2. The van der Waals surface area contributed by atoms with Gasteiger partial charge >= 0.3 is 0 Å². The Labute approximate surface area is 140 Å². The largest absolute Gasteiger partial charge is 0.379 e. The molecule has 2 aliphatic heterocycles. The maximum absolute atomic E-state index is 13.0. The van der Waals surface area contributed by atoms with Gasteiger partial charge in [0.2, 0.25) is 5.91 Å². The van der Waals surface area contributed by atoms with Gasteiger partial charge in [0.1, 0.15) is 6.04 Å². The fourth-order valence-corrected chi connectivity index (χ4v) is 3.55. The molecule has 4 rings (SSSR count). The SMILES string of the molecule is CO[C@@H]1CCN2C(=O)c3cc(-c4ccccc4)ccc3NC(=O)[C@H]12. The highest BCUT2D eigenvalue weighted by Crippen LogP contribution is 2.32. The Kier molecular flexibility index (Phi) is 3.58. The summed E-state index contributed by atoms with van der Waals surface area (Å²) >= 11 is 0. The first-order chi connectivity index (χ1) is 11.7. The molecule has 2 atom stereocenters. The Hall–Kier alpha value is -2.66. The van der Waals surface area contributed by atoms with Crippen LogP contribution in [-0.4, -0.2) is 42.5 Å². The second kappa shape index (κ2) is 5.76. The lowest BCUT2D eigenvalue weighted by molar-refractivity contribution is -0.122. The first kappa shape index (κ1) is 14.9. The van der Waals surface area contributed by atoms with Crippen molar-refractivity contribution >= 4 is 17.5 Å². The molecular formula is C19H18N2O3. The highest BCUT2D eigenvalue weighted by Gasteiger charge is 2.44. The predicted octanol–water partition coefficient (Wildman–Crippen LogP) is 2.54. The predicted molar refractivity (Wildman–Crippen MR) is 90.7 cm³/mol. The van der Waals surface area contributed by atoms with Gasteiger partial charge in [-0.05, 0) is 29.7 Å². The van der Waals surface area contributed by atoms with Gasteiger partial charge in [-0.1, -0.05) is 36.4 Å². The molecule has 2 aromatic rings. The molecule has 0 spiro atoms. The standard InChI is InChI=1S/C19H18N2O3/c1-24-16-9-10-21-17(16)18(22)20-15-8-7-13(11-14(15)19(21)23)12-5-3-2-4-6-12/h2-8,11,16-17H,9-10H2,1H3,(H,20,22)/t16-,17+/m1/s1. The molecule has 0 aromatic heterocycles. The van der Waals surface area contributed by atoms with Gasteiger partial charge in [-0.3, -0.25) is 9.59 Å². The first-order valence-corrected chi connectivity index (χ1v) is 8.03. The van der Waals surface area contributed by atoms with E-state index in [9.17, 15) is 9.59 Å². The second-order valence-electron chi connectivity index (χ2n) is 6.12. The lowest BCUT2D eigenvalue weighted by Gasteiger charge is -2.23. The van der Waals surface area contributed by atoms with Crippen LogP contribution in [0.2, 0.25) is 0 Å². The number of anilines is 1. The van der Waals surface area contributed by atoms with Gasteiger partial charge in [0.25, 0.3) is 5.91 Å². The fraction of sp³-hybridized carbons (Fsp3) is 0.263. The van der Waals surface area contributed by atoms with Gasteiger partial charge in [-0.25, -0.2) is 0 Å². The molecule has 2 aliphatic rings. The van der Waals surface area contributed by atoms with Crippen LogP contribution in [0.5, 0.6) is 0 Å². The molecule has 24 heavy (non-hydrogen) atoms. The van der Waals surface area contributed by atoms with Crippen LogP contribution in [0.1, 0.15) is 16.8 Å². The molecule has 5 nitrogen and oxygen atoms in total. The quantitative estimate of drug-likeness (QED) is 0.924. The molecule has 2 aromatic carbocycles. The van der Waals surface area contributed by atoms with Crippen LogP contribution in [0.3, 0.4) is 0 Å². The molecular weight excluding hydrogens is 304 g/mol. The average Bonchev–Trinajstić information content (AvgIpc) is 3.02. The van der Waals surface area contributed by atoms with E-state index in [1.165, 1.54) is 0 Å².